The molecule has 1 saturated heterocycles. The number of halogens is 1. The molecule has 2 fully saturated rings. The Hall–Kier alpha value is -0.240. The van der Waals surface area contributed by atoms with Crippen molar-refractivity contribution in [3.63, 3.8) is 0 Å². The number of carbonyl (C=O) groups excluding carboxylic acids is 1. The zero-order valence-corrected chi connectivity index (χ0v) is 7.89. The number of nitrogens with zero attached hydrogens (tertiary/aromatic N) is 1. The molecule has 2 atom stereocenters. The van der Waals surface area contributed by atoms with E-state index in [2.05, 4.69) is 0 Å². The summed E-state index contributed by atoms with van der Waals surface area (Å²) in [6.07, 6.45) is 6.65. The van der Waals surface area contributed by atoms with Crippen LogP contribution in [-0.4, -0.2) is 16.4 Å². The van der Waals surface area contributed by atoms with Crippen molar-refractivity contribution in [3.8, 4) is 0 Å². The second-order valence-corrected chi connectivity index (χ2v) is 4.22. The molecule has 2 rings (SSSR count). The van der Waals surface area contributed by atoms with E-state index < -0.39 is 0 Å². The van der Waals surface area contributed by atoms with Crippen LogP contribution in [0.15, 0.2) is 0 Å². The maximum Gasteiger partial charge on any atom is 0.237 e. The molecule has 2 unspecified atom stereocenters. The largest absolute Gasteiger partial charge is 0.274 e. The molecular formula is C9H14ClNO. The van der Waals surface area contributed by atoms with E-state index in [0.717, 1.165) is 12.8 Å². The monoisotopic (exact) mass is 187 g/mol. The fraction of sp³-hybridized carbons (Fsp3) is 0.889. The van der Waals surface area contributed by atoms with Gasteiger partial charge in [-0.25, -0.2) is 0 Å². The van der Waals surface area contributed by atoms with Crippen LogP contribution < -0.4 is 0 Å². The molecule has 12 heavy (non-hydrogen) atoms. The maximum atomic E-state index is 11.2. The van der Waals surface area contributed by atoms with Crippen molar-refractivity contribution >= 4 is 17.7 Å². The van der Waals surface area contributed by atoms with Gasteiger partial charge in [0.05, 0.1) is 6.04 Å². The lowest BCUT2D eigenvalue weighted by atomic mass is 9.79. The van der Waals surface area contributed by atoms with E-state index in [-0.39, 0.29) is 5.91 Å². The number of hydrogen-bond acceptors (Lipinski definition) is 1. The predicted octanol–water partition coefficient (Wildman–Crippen LogP) is 2.32. The summed E-state index contributed by atoms with van der Waals surface area (Å²) in [6, 6.07) is 0.349. The molecule has 3 heteroatoms. The SMILES string of the molecule is O=C1CCC2CCCCC2N1Cl. The highest BCUT2D eigenvalue weighted by molar-refractivity contribution is 6.21. The summed E-state index contributed by atoms with van der Waals surface area (Å²) in [7, 11) is 0. The Labute approximate surface area is 78.0 Å². The zero-order valence-electron chi connectivity index (χ0n) is 7.13. The van der Waals surface area contributed by atoms with E-state index in [0.29, 0.717) is 18.4 Å². The van der Waals surface area contributed by atoms with Crippen molar-refractivity contribution < 1.29 is 4.79 Å². The first-order valence-electron chi connectivity index (χ1n) is 4.77. The van der Waals surface area contributed by atoms with E-state index in [4.69, 9.17) is 11.8 Å². The molecule has 0 spiro atoms. The van der Waals surface area contributed by atoms with Gasteiger partial charge in [0.15, 0.2) is 0 Å². The van der Waals surface area contributed by atoms with Gasteiger partial charge in [0.1, 0.15) is 0 Å². The van der Waals surface area contributed by atoms with Gasteiger partial charge in [-0.15, -0.1) is 0 Å². The quantitative estimate of drug-likeness (QED) is 0.533. The third-order valence-corrected chi connectivity index (χ3v) is 3.57. The first kappa shape index (κ1) is 8.36. The molecule has 0 aromatic rings. The number of fused-ring (bicyclic) bond motifs is 1. The highest BCUT2D eigenvalue weighted by Gasteiger charge is 2.36. The average Bonchev–Trinajstić information content (AvgIpc) is 2.12. The molecule has 1 aliphatic carbocycles. The first-order valence-corrected chi connectivity index (χ1v) is 5.10. The number of hydrogen-bond donors (Lipinski definition) is 0. The normalized spacial score (nSPS) is 36.4. The number of rotatable bonds is 0. The van der Waals surface area contributed by atoms with Gasteiger partial charge < -0.3 is 0 Å². The molecule has 2 nitrogen and oxygen atoms in total. The summed E-state index contributed by atoms with van der Waals surface area (Å²) in [4.78, 5) is 11.2. The summed E-state index contributed by atoms with van der Waals surface area (Å²) >= 11 is 5.92. The molecule has 0 aromatic heterocycles. The Bertz CT molecular complexity index is 195. The van der Waals surface area contributed by atoms with E-state index in [1.165, 1.54) is 23.7 Å². The fourth-order valence-electron chi connectivity index (χ4n) is 2.42. The van der Waals surface area contributed by atoms with E-state index in [1.54, 1.807) is 0 Å². The minimum absolute atomic E-state index is 0.125. The highest BCUT2D eigenvalue weighted by atomic mass is 35.5. The third kappa shape index (κ3) is 1.33. The van der Waals surface area contributed by atoms with Crippen molar-refractivity contribution in [1.29, 1.82) is 0 Å². The van der Waals surface area contributed by atoms with E-state index >= 15 is 0 Å². The molecule has 0 radical (unpaired) electrons. The third-order valence-electron chi connectivity index (χ3n) is 3.13. The lowest BCUT2D eigenvalue weighted by Gasteiger charge is -2.39. The van der Waals surface area contributed by atoms with Gasteiger partial charge in [-0.3, -0.25) is 9.21 Å². The van der Waals surface area contributed by atoms with Crippen LogP contribution in [0.1, 0.15) is 38.5 Å². The minimum Gasteiger partial charge on any atom is -0.274 e. The number of amides is 1. The molecule has 2 aliphatic rings. The Balaban J connectivity index is 2.08. The van der Waals surface area contributed by atoms with Crippen LogP contribution in [0.4, 0.5) is 0 Å². The second-order valence-electron chi connectivity index (χ2n) is 3.86. The average molecular weight is 188 g/mol. The van der Waals surface area contributed by atoms with E-state index in [9.17, 15) is 4.79 Å². The molecule has 0 N–H and O–H groups in total. The van der Waals surface area contributed by atoms with Crippen molar-refractivity contribution in [2.75, 3.05) is 0 Å². The minimum atomic E-state index is 0.125. The summed E-state index contributed by atoms with van der Waals surface area (Å²) in [6.45, 7) is 0. The summed E-state index contributed by atoms with van der Waals surface area (Å²) in [5.74, 6) is 0.814. The van der Waals surface area contributed by atoms with Crippen LogP contribution in [-0.2, 0) is 4.79 Å². The number of carbonyl (C=O) groups is 1. The Kier molecular flexibility index (Phi) is 2.26. The zero-order chi connectivity index (χ0) is 8.55. The van der Waals surface area contributed by atoms with Gasteiger partial charge in [0.25, 0.3) is 0 Å². The summed E-state index contributed by atoms with van der Waals surface area (Å²) in [5.41, 5.74) is 0. The van der Waals surface area contributed by atoms with Gasteiger partial charge in [-0.05, 0) is 25.2 Å². The molecule has 1 amide bonds. The summed E-state index contributed by atoms with van der Waals surface area (Å²) < 4.78 is 1.47. The molecule has 1 heterocycles. The lowest BCUT2D eigenvalue weighted by Crippen LogP contribution is -2.44. The number of piperidine rings is 1. The molecule has 1 saturated carbocycles. The standard InChI is InChI=1S/C9H14ClNO/c10-11-8-4-2-1-3-7(8)5-6-9(11)12/h7-8H,1-6H2. The lowest BCUT2D eigenvalue weighted by molar-refractivity contribution is -0.132. The van der Waals surface area contributed by atoms with Crippen LogP contribution in [0, 0.1) is 5.92 Å². The Morgan fingerprint density at radius 1 is 1.25 bits per heavy atom. The van der Waals surface area contributed by atoms with E-state index in [1.807, 2.05) is 0 Å². The van der Waals surface area contributed by atoms with Crippen LogP contribution in [0.25, 0.3) is 0 Å². The van der Waals surface area contributed by atoms with Crippen LogP contribution in [0.2, 0.25) is 0 Å². The molecular weight excluding hydrogens is 174 g/mol. The first-order chi connectivity index (χ1) is 5.79. The van der Waals surface area contributed by atoms with Crippen molar-refractivity contribution in [1.82, 2.24) is 4.42 Å². The predicted molar refractivity (Wildman–Crippen MR) is 47.7 cm³/mol. The molecule has 0 bridgehead atoms. The van der Waals surface area contributed by atoms with Crippen molar-refractivity contribution in [2.24, 2.45) is 5.92 Å². The molecule has 68 valence electrons. The fourth-order valence-corrected chi connectivity index (χ4v) is 2.77. The maximum absolute atomic E-state index is 11.2. The van der Waals surface area contributed by atoms with Crippen LogP contribution in [0.5, 0.6) is 0 Å². The van der Waals surface area contributed by atoms with Gasteiger partial charge in [0, 0.05) is 18.2 Å². The van der Waals surface area contributed by atoms with Gasteiger partial charge in [0.2, 0.25) is 5.91 Å². The topological polar surface area (TPSA) is 20.3 Å². The smallest absolute Gasteiger partial charge is 0.237 e. The highest BCUT2D eigenvalue weighted by Crippen LogP contribution is 2.36. The Morgan fingerprint density at radius 3 is 2.83 bits per heavy atom. The van der Waals surface area contributed by atoms with Crippen molar-refractivity contribution in [3.05, 3.63) is 0 Å². The van der Waals surface area contributed by atoms with Gasteiger partial charge in [-0.2, -0.15) is 0 Å². The Morgan fingerprint density at radius 2 is 2.00 bits per heavy atom. The van der Waals surface area contributed by atoms with Crippen LogP contribution in [0.3, 0.4) is 0 Å². The van der Waals surface area contributed by atoms with Gasteiger partial charge >= 0.3 is 0 Å². The van der Waals surface area contributed by atoms with Crippen molar-refractivity contribution in [2.45, 2.75) is 44.6 Å². The van der Waals surface area contributed by atoms with Gasteiger partial charge in [-0.1, -0.05) is 12.8 Å². The molecule has 0 aromatic carbocycles. The molecule has 1 aliphatic heterocycles. The second kappa shape index (κ2) is 3.25. The summed E-state index contributed by atoms with van der Waals surface area (Å²) in [5, 5.41) is 0. The van der Waals surface area contributed by atoms with Crippen LogP contribution >= 0.6 is 11.8 Å².